The fraction of sp³-hybridized carbons (Fsp3) is 0.500. The molecule has 0 spiro atoms. The zero-order valence-electron chi connectivity index (χ0n) is 12.5. The molecule has 0 bridgehead atoms. The van der Waals surface area contributed by atoms with Crippen molar-refractivity contribution in [3.8, 4) is 5.75 Å². The van der Waals surface area contributed by atoms with Crippen molar-refractivity contribution in [1.82, 2.24) is 10.2 Å². The van der Waals surface area contributed by atoms with E-state index in [1.54, 1.807) is 31.0 Å². The number of rotatable bonds is 8. The van der Waals surface area contributed by atoms with Gasteiger partial charge >= 0.3 is 0 Å². The number of hydrogen-bond donors (Lipinski definition) is 1. The van der Waals surface area contributed by atoms with Gasteiger partial charge < -0.3 is 15.0 Å². The number of hydrogen-bond acceptors (Lipinski definition) is 5. The molecule has 1 N–H and O–H groups in total. The molecule has 0 saturated heterocycles. The molecule has 0 aliphatic carbocycles. The first kappa shape index (κ1) is 16.9. The molecular formula is C14H21N3O4. The second-order valence-electron chi connectivity index (χ2n) is 4.63. The van der Waals surface area contributed by atoms with Crippen LogP contribution in [0.4, 0.5) is 5.69 Å². The zero-order valence-corrected chi connectivity index (χ0v) is 12.5. The number of carbonyl (C=O) groups excluding carboxylic acids is 1. The van der Waals surface area contributed by atoms with Gasteiger partial charge in [0.1, 0.15) is 12.4 Å². The number of likely N-dealkylation sites (N-methyl/N-ethyl adjacent to an activating group) is 1. The molecule has 0 aromatic heterocycles. The maximum atomic E-state index is 11.8. The van der Waals surface area contributed by atoms with Gasteiger partial charge in [-0.15, -0.1) is 0 Å². The van der Waals surface area contributed by atoms with Crippen molar-refractivity contribution in [2.24, 2.45) is 0 Å². The number of amides is 1. The van der Waals surface area contributed by atoms with E-state index in [4.69, 9.17) is 4.74 Å². The highest BCUT2D eigenvalue weighted by Gasteiger charge is 2.15. The van der Waals surface area contributed by atoms with E-state index >= 15 is 0 Å². The number of nitrogens with zero attached hydrogens (tertiary/aromatic N) is 2. The summed E-state index contributed by atoms with van der Waals surface area (Å²) in [4.78, 5) is 23.5. The van der Waals surface area contributed by atoms with Gasteiger partial charge in [0, 0.05) is 32.3 Å². The molecule has 1 unspecified atom stereocenters. The first-order chi connectivity index (χ1) is 9.95. The Morgan fingerprint density at radius 1 is 1.43 bits per heavy atom. The molecule has 116 valence electrons. The lowest BCUT2D eigenvalue weighted by Crippen LogP contribution is -2.44. The summed E-state index contributed by atoms with van der Waals surface area (Å²) in [5.41, 5.74) is 0.0299. The molecule has 1 aromatic carbocycles. The van der Waals surface area contributed by atoms with E-state index in [0.717, 1.165) is 0 Å². The summed E-state index contributed by atoms with van der Waals surface area (Å²) in [5, 5.41) is 13.6. The highest BCUT2D eigenvalue weighted by Crippen LogP contribution is 2.16. The molecule has 0 heterocycles. The second kappa shape index (κ2) is 8.21. The molecule has 1 rings (SSSR count). The number of benzene rings is 1. The van der Waals surface area contributed by atoms with Crippen molar-refractivity contribution >= 4 is 11.6 Å². The van der Waals surface area contributed by atoms with Gasteiger partial charge in [-0.2, -0.15) is 0 Å². The highest BCUT2D eigenvalue weighted by molar-refractivity contribution is 5.81. The van der Waals surface area contributed by atoms with E-state index in [1.165, 1.54) is 12.1 Å². The van der Waals surface area contributed by atoms with Crippen molar-refractivity contribution in [2.45, 2.75) is 19.9 Å². The van der Waals surface area contributed by atoms with Crippen molar-refractivity contribution in [2.75, 3.05) is 26.7 Å². The first-order valence-electron chi connectivity index (χ1n) is 6.81. The quantitative estimate of drug-likeness (QED) is 0.445. The monoisotopic (exact) mass is 295 g/mol. The Morgan fingerprint density at radius 3 is 2.57 bits per heavy atom. The van der Waals surface area contributed by atoms with Gasteiger partial charge in [0.15, 0.2) is 0 Å². The van der Waals surface area contributed by atoms with Gasteiger partial charge in [-0.25, -0.2) is 0 Å². The predicted molar refractivity (Wildman–Crippen MR) is 79.4 cm³/mol. The minimum absolute atomic E-state index is 0.0299. The summed E-state index contributed by atoms with van der Waals surface area (Å²) in [6.07, 6.45) is 0. The lowest BCUT2D eigenvalue weighted by atomic mass is 10.3. The summed E-state index contributed by atoms with van der Waals surface area (Å²) in [7, 11) is 1.76. The third-order valence-corrected chi connectivity index (χ3v) is 3.09. The maximum absolute atomic E-state index is 11.8. The SMILES string of the molecule is CCN(C)C(=O)C(C)NCCOc1ccc([N+](=O)[O-])cc1. The summed E-state index contributed by atoms with van der Waals surface area (Å²) < 4.78 is 5.45. The lowest BCUT2D eigenvalue weighted by molar-refractivity contribution is -0.384. The van der Waals surface area contributed by atoms with Crippen LogP contribution in [0.5, 0.6) is 5.75 Å². The molecule has 7 nitrogen and oxygen atoms in total. The molecular weight excluding hydrogens is 274 g/mol. The molecule has 0 fully saturated rings. The summed E-state index contributed by atoms with van der Waals surface area (Å²) in [5.74, 6) is 0.597. The predicted octanol–water partition coefficient (Wildman–Crippen LogP) is 1.43. The third kappa shape index (κ3) is 5.39. The molecule has 0 aliphatic heterocycles. The molecule has 0 saturated carbocycles. The molecule has 1 aromatic rings. The summed E-state index contributed by atoms with van der Waals surface area (Å²) >= 11 is 0. The van der Waals surface area contributed by atoms with E-state index in [9.17, 15) is 14.9 Å². The number of nitro groups is 1. The summed E-state index contributed by atoms with van der Waals surface area (Å²) in [6.45, 7) is 5.29. The van der Waals surface area contributed by atoms with E-state index in [-0.39, 0.29) is 17.6 Å². The molecule has 7 heteroatoms. The van der Waals surface area contributed by atoms with Crippen molar-refractivity contribution < 1.29 is 14.5 Å². The van der Waals surface area contributed by atoms with Gasteiger partial charge in [-0.3, -0.25) is 14.9 Å². The van der Waals surface area contributed by atoms with Gasteiger partial charge in [0.2, 0.25) is 5.91 Å². The first-order valence-corrected chi connectivity index (χ1v) is 6.81. The normalized spacial score (nSPS) is 11.8. The van der Waals surface area contributed by atoms with Crippen LogP contribution in [0.1, 0.15) is 13.8 Å². The van der Waals surface area contributed by atoms with Crippen LogP contribution in [0, 0.1) is 10.1 Å². The molecule has 1 amide bonds. The maximum Gasteiger partial charge on any atom is 0.269 e. The van der Waals surface area contributed by atoms with Crippen LogP contribution in [0.15, 0.2) is 24.3 Å². The van der Waals surface area contributed by atoms with Crippen LogP contribution >= 0.6 is 0 Å². The van der Waals surface area contributed by atoms with Crippen LogP contribution < -0.4 is 10.1 Å². The minimum atomic E-state index is -0.455. The van der Waals surface area contributed by atoms with E-state index in [0.29, 0.717) is 25.4 Å². The number of nitrogens with one attached hydrogen (secondary N) is 1. The molecule has 0 radical (unpaired) electrons. The molecule has 0 aliphatic rings. The fourth-order valence-electron chi connectivity index (χ4n) is 1.68. The Labute approximate surface area is 124 Å². The Bertz CT molecular complexity index is 476. The standard InChI is InChI=1S/C14H21N3O4/c1-4-16(3)14(18)11(2)15-9-10-21-13-7-5-12(6-8-13)17(19)20/h5-8,11,15H,4,9-10H2,1-3H3. The number of ether oxygens (including phenoxy) is 1. The number of non-ortho nitro benzene ring substituents is 1. The largest absolute Gasteiger partial charge is 0.492 e. The van der Waals surface area contributed by atoms with E-state index < -0.39 is 4.92 Å². The van der Waals surface area contributed by atoms with E-state index in [2.05, 4.69) is 5.32 Å². The van der Waals surface area contributed by atoms with Gasteiger partial charge in [0.25, 0.3) is 5.69 Å². The van der Waals surface area contributed by atoms with Gasteiger partial charge in [0.05, 0.1) is 11.0 Å². The Kier molecular flexibility index (Phi) is 6.61. The second-order valence-corrected chi connectivity index (χ2v) is 4.63. The molecule has 1 atom stereocenters. The summed E-state index contributed by atoms with van der Waals surface area (Å²) in [6, 6.07) is 5.63. The third-order valence-electron chi connectivity index (χ3n) is 3.09. The topological polar surface area (TPSA) is 84.7 Å². The Balaban J connectivity index is 2.31. The van der Waals surface area contributed by atoms with Crippen molar-refractivity contribution in [1.29, 1.82) is 0 Å². The van der Waals surface area contributed by atoms with Crippen LogP contribution in [0.25, 0.3) is 0 Å². The van der Waals surface area contributed by atoms with Gasteiger partial charge in [-0.05, 0) is 26.0 Å². The van der Waals surface area contributed by atoms with Crippen LogP contribution in [0.2, 0.25) is 0 Å². The van der Waals surface area contributed by atoms with Crippen LogP contribution in [-0.2, 0) is 4.79 Å². The molecule has 21 heavy (non-hydrogen) atoms. The average Bonchev–Trinajstić information content (AvgIpc) is 2.50. The van der Waals surface area contributed by atoms with Crippen molar-refractivity contribution in [3.05, 3.63) is 34.4 Å². The van der Waals surface area contributed by atoms with Gasteiger partial charge in [-0.1, -0.05) is 0 Å². The van der Waals surface area contributed by atoms with Crippen LogP contribution in [-0.4, -0.2) is 48.5 Å². The fourth-order valence-corrected chi connectivity index (χ4v) is 1.68. The minimum Gasteiger partial charge on any atom is -0.492 e. The zero-order chi connectivity index (χ0) is 15.8. The highest BCUT2D eigenvalue weighted by atomic mass is 16.6. The Morgan fingerprint density at radius 2 is 2.05 bits per heavy atom. The van der Waals surface area contributed by atoms with E-state index in [1.807, 2.05) is 6.92 Å². The number of nitro benzene ring substituents is 1. The lowest BCUT2D eigenvalue weighted by Gasteiger charge is -2.20. The van der Waals surface area contributed by atoms with Crippen LogP contribution in [0.3, 0.4) is 0 Å². The smallest absolute Gasteiger partial charge is 0.269 e. The average molecular weight is 295 g/mol. The number of carbonyl (C=O) groups is 1. The van der Waals surface area contributed by atoms with Crippen molar-refractivity contribution in [3.63, 3.8) is 0 Å². The Hall–Kier alpha value is -2.15.